The Hall–Kier alpha value is -2.65. The Bertz CT molecular complexity index is 1000. The van der Waals surface area contributed by atoms with Crippen molar-refractivity contribution in [3.63, 3.8) is 0 Å². The smallest absolute Gasteiger partial charge is 0.154 e. The van der Waals surface area contributed by atoms with E-state index < -0.39 is 6.17 Å². The molecule has 0 aromatic carbocycles. The molecular formula is C19H22FN7O. The summed E-state index contributed by atoms with van der Waals surface area (Å²) >= 11 is 0. The van der Waals surface area contributed by atoms with Crippen molar-refractivity contribution < 1.29 is 9.50 Å². The maximum atomic E-state index is 14.1. The van der Waals surface area contributed by atoms with Crippen molar-refractivity contribution in [2.75, 3.05) is 18.4 Å². The molecule has 0 amide bonds. The van der Waals surface area contributed by atoms with Crippen LogP contribution in [-0.2, 0) is 6.61 Å². The molecule has 0 unspecified atom stereocenters. The van der Waals surface area contributed by atoms with Gasteiger partial charge in [-0.2, -0.15) is 5.10 Å². The SMILES string of the molecule is OCc1cc2ncc(-c3cncc(N[C@H]4CNCC[C@@H]4F)n3)n2nc1C1CC1. The topological polar surface area (TPSA) is 100 Å². The third kappa shape index (κ3) is 3.20. The first-order valence-corrected chi connectivity index (χ1v) is 9.65. The molecule has 5 rings (SSSR count). The van der Waals surface area contributed by atoms with Crippen LogP contribution >= 0.6 is 0 Å². The quantitative estimate of drug-likeness (QED) is 0.616. The maximum absolute atomic E-state index is 14.1. The predicted molar refractivity (Wildman–Crippen MR) is 102 cm³/mol. The van der Waals surface area contributed by atoms with Crippen LogP contribution in [-0.4, -0.2) is 55.0 Å². The minimum absolute atomic E-state index is 0.0451. The summed E-state index contributed by atoms with van der Waals surface area (Å²) < 4.78 is 15.9. The van der Waals surface area contributed by atoms with E-state index in [1.165, 1.54) is 0 Å². The number of aromatic nitrogens is 5. The van der Waals surface area contributed by atoms with Crippen LogP contribution in [0.4, 0.5) is 10.2 Å². The van der Waals surface area contributed by atoms with Gasteiger partial charge >= 0.3 is 0 Å². The van der Waals surface area contributed by atoms with Crippen molar-refractivity contribution in [1.82, 2.24) is 29.9 Å². The van der Waals surface area contributed by atoms with E-state index in [1.54, 1.807) is 23.1 Å². The van der Waals surface area contributed by atoms with Crippen LogP contribution in [0.1, 0.15) is 36.4 Å². The Labute approximate surface area is 161 Å². The first-order chi connectivity index (χ1) is 13.7. The van der Waals surface area contributed by atoms with Gasteiger partial charge in [0, 0.05) is 18.0 Å². The molecule has 0 bridgehead atoms. The van der Waals surface area contributed by atoms with Crippen LogP contribution in [0.5, 0.6) is 0 Å². The Morgan fingerprint density at radius 1 is 1.25 bits per heavy atom. The molecule has 3 aromatic heterocycles. The second kappa shape index (κ2) is 7.06. The van der Waals surface area contributed by atoms with E-state index in [2.05, 4.69) is 25.6 Å². The van der Waals surface area contributed by atoms with Crippen molar-refractivity contribution in [3.8, 4) is 11.4 Å². The fraction of sp³-hybridized carbons (Fsp3) is 0.474. The van der Waals surface area contributed by atoms with Gasteiger partial charge < -0.3 is 15.7 Å². The molecule has 1 saturated carbocycles. The van der Waals surface area contributed by atoms with Gasteiger partial charge in [0.15, 0.2) is 5.65 Å². The summed E-state index contributed by atoms with van der Waals surface area (Å²) in [5.74, 6) is 0.930. The number of aliphatic hydroxyl groups is 1. The largest absolute Gasteiger partial charge is 0.392 e. The van der Waals surface area contributed by atoms with Crippen molar-refractivity contribution in [2.45, 2.75) is 44.0 Å². The molecule has 0 radical (unpaired) electrons. The minimum atomic E-state index is -0.915. The van der Waals surface area contributed by atoms with Crippen molar-refractivity contribution in [1.29, 1.82) is 0 Å². The van der Waals surface area contributed by atoms with Crippen LogP contribution in [0.15, 0.2) is 24.7 Å². The van der Waals surface area contributed by atoms with Crippen molar-refractivity contribution >= 4 is 11.5 Å². The van der Waals surface area contributed by atoms with Gasteiger partial charge in [-0.3, -0.25) is 4.98 Å². The summed E-state index contributed by atoms with van der Waals surface area (Å²) in [6.07, 6.45) is 6.71. The summed E-state index contributed by atoms with van der Waals surface area (Å²) in [5, 5.41) is 20.7. The molecule has 8 nitrogen and oxygen atoms in total. The molecule has 2 atom stereocenters. The van der Waals surface area contributed by atoms with E-state index >= 15 is 0 Å². The Morgan fingerprint density at radius 3 is 2.93 bits per heavy atom. The van der Waals surface area contributed by atoms with Crippen molar-refractivity contribution in [2.24, 2.45) is 0 Å². The van der Waals surface area contributed by atoms with E-state index in [0.29, 0.717) is 42.6 Å². The van der Waals surface area contributed by atoms with Crippen molar-refractivity contribution in [3.05, 3.63) is 35.9 Å². The highest BCUT2D eigenvalue weighted by Crippen LogP contribution is 2.40. The molecule has 9 heteroatoms. The first kappa shape index (κ1) is 17.4. The molecule has 3 aromatic rings. The number of piperidine rings is 1. The molecule has 1 saturated heterocycles. The number of fused-ring (bicyclic) bond motifs is 1. The Balaban J connectivity index is 1.49. The first-order valence-electron chi connectivity index (χ1n) is 9.65. The highest BCUT2D eigenvalue weighted by Gasteiger charge is 2.29. The number of imidazole rings is 1. The number of nitrogens with zero attached hydrogens (tertiary/aromatic N) is 5. The molecule has 3 N–H and O–H groups in total. The molecule has 2 aliphatic rings. The second-order valence-electron chi connectivity index (χ2n) is 7.45. The summed E-state index contributed by atoms with van der Waals surface area (Å²) in [5.41, 5.74) is 3.74. The molecule has 1 aliphatic carbocycles. The van der Waals surface area contributed by atoms with E-state index in [-0.39, 0.29) is 12.6 Å². The number of alkyl halides is 1. The summed E-state index contributed by atoms with van der Waals surface area (Å²) in [4.78, 5) is 13.3. The fourth-order valence-corrected chi connectivity index (χ4v) is 3.68. The monoisotopic (exact) mass is 383 g/mol. The third-order valence-electron chi connectivity index (χ3n) is 5.37. The number of halogens is 1. The Kier molecular flexibility index (Phi) is 4.40. The molecule has 2 fully saturated rings. The van der Waals surface area contributed by atoms with Crippen LogP contribution in [0.25, 0.3) is 17.0 Å². The van der Waals surface area contributed by atoms with E-state index in [0.717, 1.165) is 29.8 Å². The zero-order valence-electron chi connectivity index (χ0n) is 15.3. The van der Waals surface area contributed by atoms with Crippen LogP contribution in [0.2, 0.25) is 0 Å². The molecule has 4 heterocycles. The number of nitrogens with one attached hydrogen (secondary N) is 2. The highest BCUT2D eigenvalue weighted by atomic mass is 19.1. The van der Waals surface area contributed by atoms with Gasteiger partial charge in [-0.05, 0) is 31.9 Å². The van der Waals surface area contributed by atoms with Gasteiger partial charge in [0.2, 0.25) is 0 Å². The number of hydrogen-bond acceptors (Lipinski definition) is 7. The van der Waals surface area contributed by atoms with Crippen LogP contribution in [0.3, 0.4) is 0 Å². The van der Waals surface area contributed by atoms with Gasteiger partial charge in [-0.15, -0.1) is 0 Å². The van der Waals surface area contributed by atoms with Crippen LogP contribution in [0, 0.1) is 0 Å². The van der Waals surface area contributed by atoms with Gasteiger partial charge in [-0.25, -0.2) is 18.9 Å². The molecule has 146 valence electrons. The molecule has 28 heavy (non-hydrogen) atoms. The van der Waals surface area contributed by atoms with Gasteiger partial charge in [0.05, 0.1) is 36.9 Å². The van der Waals surface area contributed by atoms with Gasteiger partial charge in [-0.1, -0.05) is 0 Å². The summed E-state index contributed by atoms with van der Waals surface area (Å²) in [6.45, 7) is 1.20. The van der Waals surface area contributed by atoms with E-state index in [9.17, 15) is 9.50 Å². The number of hydrogen-bond donors (Lipinski definition) is 3. The molecule has 1 aliphatic heterocycles. The molecule has 0 spiro atoms. The number of aliphatic hydroxyl groups excluding tert-OH is 1. The minimum Gasteiger partial charge on any atom is -0.392 e. The average Bonchev–Trinajstić information content (AvgIpc) is 3.48. The summed E-state index contributed by atoms with van der Waals surface area (Å²) in [7, 11) is 0. The zero-order valence-corrected chi connectivity index (χ0v) is 15.3. The lowest BCUT2D eigenvalue weighted by atomic mass is 10.1. The lowest BCUT2D eigenvalue weighted by Gasteiger charge is -2.27. The van der Waals surface area contributed by atoms with Gasteiger partial charge in [0.25, 0.3) is 0 Å². The predicted octanol–water partition coefficient (Wildman–Crippen LogP) is 1.67. The highest BCUT2D eigenvalue weighted by molar-refractivity contribution is 5.60. The van der Waals surface area contributed by atoms with E-state index in [1.807, 2.05) is 6.07 Å². The second-order valence-corrected chi connectivity index (χ2v) is 7.45. The zero-order chi connectivity index (χ0) is 19.1. The summed E-state index contributed by atoms with van der Waals surface area (Å²) in [6, 6.07) is 1.55. The number of rotatable bonds is 5. The normalized spacial score (nSPS) is 22.5. The van der Waals surface area contributed by atoms with Gasteiger partial charge in [0.1, 0.15) is 23.4 Å². The standard InChI is InChI=1S/C19H22FN7O/c20-13-3-4-21-6-14(13)24-17-9-22-7-15(25-17)16-8-23-18-5-12(10-28)19(11-1-2-11)26-27(16)18/h5,7-9,11,13-14,21,28H,1-4,6,10H2,(H,24,25)/t13-,14-/m0/s1. The third-order valence-corrected chi connectivity index (χ3v) is 5.37. The average molecular weight is 383 g/mol. The Morgan fingerprint density at radius 2 is 2.14 bits per heavy atom. The van der Waals surface area contributed by atoms with Crippen LogP contribution < -0.4 is 10.6 Å². The maximum Gasteiger partial charge on any atom is 0.154 e. The lowest BCUT2D eigenvalue weighted by Crippen LogP contribution is -2.46. The fourth-order valence-electron chi connectivity index (χ4n) is 3.68. The lowest BCUT2D eigenvalue weighted by molar-refractivity contribution is 0.241. The molecular weight excluding hydrogens is 361 g/mol. The van der Waals surface area contributed by atoms with E-state index in [4.69, 9.17) is 5.10 Å². The number of anilines is 1.